The second kappa shape index (κ2) is 8.81. The highest BCUT2D eigenvalue weighted by atomic mass is 35.5. The van der Waals surface area contributed by atoms with Gasteiger partial charge in [-0.1, -0.05) is 23.7 Å². The minimum Gasteiger partial charge on any atom is -0.365 e. The summed E-state index contributed by atoms with van der Waals surface area (Å²) in [4.78, 5) is 18.8. The molecule has 0 spiro atoms. The molecule has 1 N–H and O–H groups in total. The average molecular weight is 449 g/mol. The second-order valence-corrected chi connectivity index (χ2v) is 10.1. The van der Waals surface area contributed by atoms with E-state index in [0.29, 0.717) is 41.6 Å². The van der Waals surface area contributed by atoms with Gasteiger partial charge in [0.15, 0.2) is 0 Å². The van der Waals surface area contributed by atoms with E-state index in [0.717, 1.165) is 37.9 Å². The predicted octanol–water partition coefficient (Wildman–Crippen LogP) is 3.51. The number of nitrogens with zero attached hydrogens (tertiary/aromatic N) is 3. The Kier molecular flexibility index (Phi) is 6.15. The van der Waals surface area contributed by atoms with Crippen LogP contribution in [-0.4, -0.2) is 49.6 Å². The van der Waals surface area contributed by atoms with E-state index in [1.807, 2.05) is 23.1 Å². The number of aromatic nitrogens is 1. The molecule has 1 aromatic heterocycles. The summed E-state index contributed by atoms with van der Waals surface area (Å²) >= 11 is 6.37. The molecule has 7 nitrogen and oxygen atoms in total. The fraction of sp³-hybridized carbons (Fsp3) is 0.429. The lowest BCUT2D eigenvalue weighted by molar-refractivity contribution is 0.0724. The second-order valence-electron chi connectivity index (χ2n) is 7.67. The Morgan fingerprint density at radius 2 is 1.90 bits per heavy atom. The predicted molar refractivity (Wildman–Crippen MR) is 119 cm³/mol. The van der Waals surface area contributed by atoms with Gasteiger partial charge in [0.1, 0.15) is 5.82 Å². The summed E-state index contributed by atoms with van der Waals surface area (Å²) in [6.07, 6.45) is 5.43. The van der Waals surface area contributed by atoms with Crippen LogP contribution in [0, 0.1) is 0 Å². The molecule has 2 fully saturated rings. The molecule has 0 unspecified atom stereocenters. The highest BCUT2D eigenvalue weighted by Crippen LogP contribution is 2.26. The van der Waals surface area contributed by atoms with Gasteiger partial charge in [0.2, 0.25) is 10.0 Å². The van der Waals surface area contributed by atoms with Crippen molar-refractivity contribution in [3.8, 4) is 0 Å². The van der Waals surface area contributed by atoms with E-state index in [2.05, 4.69) is 10.3 Å². The molecule has 0 aliphatic carbocycles. The number of benzene rings is 1. The van der Waals surface area contributed by atoms with Crippen molar-refractivity contribution in [1.29, 1.82) is 0 Å². The molecular weight excluding hydrogens is 424 g/mol. The maximum absolute atomic E-state index is 12.6. The van der Waals surface area contributed by atoms with Crippen molar-refractivity contribution in [2.45, 2.75) is 32.2 Å². The van der Waals surface area contributed by atoms with Crippen molar-refractivity contribution in [2.24, 2.45) is 0 Å². The molecule has 30 heavy (non-hydrogen) atoms. The number of nitrogens with one attached hydrogen (secondary N) is 1. The van der Waals surface area contributed by atoms with Gasteiger partial charge in [-0.05, 0) is 49.4 Å². The average Bonchev–Trinajstić information content (AvgIpc) is 3.12. The molecule has 2 saturated heterocycles. The minimum absolute atomic E-state index is 0.0322. The third-order valence-corrected chi connectivity index (χ3v) is 7.65. The Hall–Kier alpha value is -2.32. The van der Waals surface area contributed by atoms with Crippen LogP contribution in [0.15, 0.2) is 36.5 Å². The van der Waals surface area contributed by atoms with Crippen molar-refractivity contribution in [2.75, 3.05) is 35.0 Å². The maximum atomic E-state index is 12.6. The normalized spacial score (nSPS) is 18.4. The van der Waals surface area contributed by atoms with Crippen LogP contribution in [0.1, 0.15) is 41.6 Å². The van der Waals surface area contributed by atoms with E-state index in [1.165, 1.54) is 4.31 Å². The Labute approximate surface area is 182 Å². The largest absolute Gasteiger partial charge is 0.365 e. The number of halogens is 1. The van der Waals surface area contributed by atoms with Gasteiger partial charge in [-0.2, -0.15) is 0 Å². The van der Waals surface area contributed by atoms with E-state index in [9.17, 15) is 13.2 Å². The number of rotatable bonds is 5. The first-order valence-electron chi connectivity index (χ1n) is 10.2. The summed E-state index contributed by atoms with van der Waals surface area (Å²) in [6, 6.07) is 9.08. The number of sulfonamides is 1. The molecule has 1 aromatic carbocycles. The molecule has 0 radical (unpaired) electrons. The number of hydrogen-bond acceptors (Lipinski definition) is 5. The Balaban J connectivity index is 1.43. The smallest absolute Gasteiger partial charge is 0.255 e. The number of pyridine rings is 1. The molecule has 9 heteroatoms. The van der Waals surface area contributed by atoms with Crippen LogP contribution >= 0.6 is 11.6 Å². The molecule has 3 heterocycles. The molecule has 0 bridgehead atoms. The van der Waals surface area contributed by atoms with Gasteiger partial charge in [0.05, 0.1) is 22.0 Å². The lowest BCUT2D eigenvalue weighted by Gasteiger charge is -2.26. The van der Waals surface area contributed by atoms with Gasteiger partial charge in [0.25, 0.3) is 5.91 Å². The van der Waals surface area contributed by atoms with Crippen molar-refractivity contribution >= 4 is 39.0 Å². The number of hydrogen-bond donors (Lipinski definition) is 1. The third-order valence-electron chi connectivity index (χ3n) is 5.49. The molecule has 2 aliphatic rings. The van der Waals surface area contributed by atoms with Crippen LogP contribution < -0.4 is 9.62 Å². The molecule has 4 rings (SSSR count). The standard InChI is InChI=1S/C21H25ClN4O3S/c22-19-13-17(21(27)25-8-2-1-3-9-25)15-24-20(19)23-14-16-6-4-7-18(12-16)26-10-5-11-30(26,28)29/h4,6-7,12-13,15H,1-3,5,8-11,14H2,(H,23,24). The van der Waals surface area contributed by atoms with Gasteiger partial charge in [0, 0.05) is 32.4 Å². The number of piperidine rings is 1. The number of amides is 1. The van der Waals surface area contributed by atoms with Crippen LogP contribution in [0.4, 0.5) is 11.5 Å². The summed E-state index contributed by atoms with van der Waals surface area (Å²) in [5, 5.41) is 3.56. The van der Waals surface area contributed by atoms with E-state index in [4.69, 9.17) is 11.6 Å². The fourth-order valence-electron chi connectivity index (χ4n) is 3.90. The van der Waals surface area contributed by atoms with Gasteiger partial charge in [-0.15, -0.1) is 0 Å². The molecule has 2 aromatic rings. The maximum Gasteiger partial charge on any atom is 0.255 e. The van der Waals surface area contributed by atoms with Crippen molar-refractivity contribution < 1.29 is 13.2 Å². The lowest BCUT2D eigenvalue weighted by atomic mass is 10.1. The highest BCUT2D eigenvalue weighted by molar-refractivity contribution is 7.93. The lowest BCUT2D eigenvalue weighted by Crippen LogP contribution is -2.35. The Morgan fingerprint density at radius 1 is 1.10 bits per heavy atom. The number of anilines is 2. The SMILES string of the molecule is O=C(c1cnc(NCc2cccc(N3CCCS3(=O)=O)c2)c(Cl)c1)N1CCCCC1. The molecule has 0 atom stereocenters. The van der Waals surface area contributed by atoms with E-state index >= 15 is 0 Å². The van der Waals surface area contributed by atoms with Gasteiger partial charge in [-0.25, -0.2) is 13.4 Å². The van der Waals surface area contributed by atoms with Crippen LogP contribution in [0.2, 0.25) is 5.02 Å². The van der Waals surface area contributed by atoms with Crippen LogP contribution in [0.5, 0.6) is 0 Å². The highest BCUT2D eigenvalue weighted by Gasteiger charge is 2.28. The monoisotopic (exact) mass is 448 g/mol. The summed E-state index contributed by atoms with van der Waals surface area (Å²) < 4.78 is 25.8. The van der Waals surface area contributed by atoms with Crippen LogP contribution in [0.25, 0.3) is 0 Å². The summed E-state index contributed by atoms with van der Waals surface area (Å²) in [5.74, 6) is 0.651. The zero-order chi connectivity index (χ0) is 21.1. The molecule has 1 amide bonds. The first kappa shape index (κ1) is 20.9. The summed E-state index contributed by atoms with van der Waals surface area (Å²) in [7, 11) is -3.21. The van der Waals surface area contributed by atoms with E-state index in [1.54, 1.807) is 18.3 Å². The summed E-state index contributed by atoms with van der Waals surface area (Å²) in [6.45, 7) is 2.51. The van der Waals surface area contributed by atoms with Crippen LogP contribution in [-0.2, 0) is 16.6 Å². The number of likely N-dealkylation sites (tertiary alicyclic amines) is 1. The molecular formula is C21H25ClN4O3S. The Bertz CT molecular complexity index is 1040. The van der Waals surface area contributed by atoms with Crippen molar-refractivity contribution in [1.82, 2.24) is 9.88 Å². The van der Waals surface area contributed by atoms with Crippen LogP contribution in [0.3, 0.4) is 0 Å². The van der Waals surface area contributed by atoms with Gasteiger partial charge < -0.3 is 10.2 Å². The molecule has 2 aliphatic heterocycles. The van der Waals surface area contributed by atoms with Gasteiger partial charge >= 0.3 is 0 Å². The van der Waals surface area contributed by atoms with E-state index < -0.39 is 10.0 Å². The zero-order valence-electron chi connectivity index (χ0n) is 16.7. The number of carbonyl (C=O) groups excluding carboxylic acids is 1. The summed E-state index contributed by atoms with van der Waals surface area (Å²) in [5.41, 5.74) is 2.09. The third kappa shape index (κ3) is 4.54. The van der Waals surface area contributed by atoms with Crippen molar-refractivity contribution in [3.05, 3.63) is 52.7 Å². The van der Waals surface area contributed by atoms with Gasteiger partial charge in [-0.3, -0.25) is 9.10 Å². The molecule has 160 valence electrons. The minimum atomic E-state index is -3.21. The fourth-order valence-corrected chi connectivity index (χ4v) is 5.69. The zero-order valence-corrected chi connectivity index (χ0v) is 18.3. The first-order chi connectivity index (χ1) is 14.4. The van der Waals surface area contributed by atoms with Crippen molar-refractivity contribution in [3.63, 3.8) is 0 Å². The first-order valence-corrected chi connectivity index (χ1v) is 12.2. The number of carbonyl (C=O) groups is 1. The van der Waals surface area contributed by atoms with E-state index in [-0.39, 0.29) is 11.7 Å². The quantitative estimate of drug-likeness (QED) is 0.756. The Morgan fingerprint density at radius 3 is 2.60 bits per heavy atom. The topological polar surface area (TPSA) is 82.6 Å². The molecule has 0 saturated carbocycles.